The third kappa shape index (κ3) is 2.08. The second-order valence-electron chi connectivity index (χ2n) is 3.41. The highest BCUT2D eigenvalue weighted by Gasteiger charge is 2.25. The molecule has 0 aromatic carbocycles. The van der Waals surface area contributed by atoms with Crippen molar-refractivity contribution in [2.24, 2.45) is 0 Å². The minimum atomic E-state index is -0.363. The third-order valence-corrected chi connectivity index (χ3v) is 2.45. The maximum absolute atomic E-state index is 13.5. The molecule has 0 spiro atoms. The molecule has 2 rings (SSSR count). The molecule has 1 aliphatic rings. The zero-order valence-corrected chi connectivity index (χ0v) is 8.27. The van der Waals surface area contributed by atoms with Crippen molar-refractivity contribution in [3.8, 4) is 0 Å². The molecule has 4 nitrogen and oxygen atoms in total. The van der Waals surface area contributed by atoms with Gasteiger partial charge in [0.15, 0.2) is 11.6 Å². The smallest absolute Gasteiger partial charge is 0.165 e. The zero-order chi connectivity index (χ0) is 10.7. The molecule has 2 heterocycles. The number of rotatable bonds is 2. The normalized spacial score (nSPS) is 21.7. The largest absolute Gasteiger partial charge is 0.394 e. The quantitative estimate of drug-likeness (QED) is 0.771. The van der Waals surface area contributed by atoms with E-state index in [1.807, 2.05) is 0 Å². The molecule has 15 heavy (non-hydrogen) atoms. The average molecular weight is 212 g/mol. The lowest BCUT2D eigenvalue weighted by atomic mass is 10.2. The van der Waals surface area contributed by atoms with Gasteiger partial charge in [-0.05, 0) is 12.1 Å². The molecule has 0 aliphatic carbocycles. The lowest BCUT2D eigenvalue weighted by molar-refractivity contribution is 0.0719. The van der Waals surface area contributed by atoms with E-state index in [9.17, 15) is 4.39 Å². The van der Waals surface area contributed by atoms with Gasteiger partial charge < -0.3 is 14.7 Å². The van der Waals surface area contributed by atoms with Crippen LogP contribution in [0.25, 0.3) is 0 Å². The van der Waals surface area contributed by atoms with Gasteiger partial charge in [-0.2, -0.15) is 0 Å². The van der Waals surface area contributed by atoms with Crippen molar-refractivity contribution in [1.29, 1.82) is 0 Å². The summed E-state index contributed by atoms with van der Waals surface area (Å²) in [4.78, 5) is 5.73. The number of hydrogen-bond donors (Lipinski definition) is 1. The Bertz CT molecular complexity index is 335. The number of anilines is 1. The van der Waals surface area contributed by atoms with Gasteiger partial charge in [0.2, 0.25) is 0 Å². The van der Waals surface area contributed by atoms with E-state index < -0.39 is 0 Å². The van der Waals surface area contributed by atoms with E-state index >= 15 is 0 Å². The number of aliphatic hydroxyl groups excluding tert-OH is 1. The van der Waals surface area contributed by atoms with Crippen LogP contribution < -0.4 is 4.90 Å². The first-order chi connectivity index (χ1) is 7.33. The van der Waals surface area contributed by atoms with Crippen LogP contribution >= 0.6 is 0 Å². The fraction of sp³-hybridized carbons (Fsp3) is 0.500. The molecule has 5 heteroatoms. The summed E-state index contributed by atoms with van der Waals surface area (Å²) in [7, 11) is 0. The van der Waals surface area contributed by atoms with Gasteiger partial charge in [-0.1, -0.05) is 0 Å². The second kappa shape index (κ2) is 4.55. The van der Waals surface area contributed by atoms with E-state index in [1.54, 1.807) is 17.2 Å². The predicted octanol–water partition coefficient (Wildman–Crippen LogP) is 0.418. The van der Waals surface area contributed by atoms with Crippen LogP contribution in [0.2, 0.25) is 0 Å². The molecule has 1 aliphatic heterocycles. The summed E-state index contributed by atoms with van der Waals surface area (Å²) in [5, 5.41) is 9.14. The van der Waals surface area contributed by atoms with Gasteiger partial charge in [0.25, 0.3) is 0 Å². The second-order valence-corrected chi connectivity index (χ2v) is 3.41. The number of aromatic nitrogens is 1. The lowest BCUT2D eigenvalue weighted by Gasteiger charge is -2.35. The monoisotopic (exact) mass is 212 g/mol. The maximum Gasteiger partial charge on any atom is 0.165 e. The number of halogens is 1. The Labute approximate surface area is 87.3 Å². The van der Waals surface area contributed by atoms with Crippen molar-refractivity contribution in [2.45, 2.75) is 6.04 Å². The molecule has 1 atom stereocenters. The summed E-state index contributed by atoms with van der Waals surface area (Å²) in [5.74, 6) is -0.0716. The Morgan fingerprint density at radius 1 is 1.67 bits per heavy atom. The highest BCUT2D eigenvalue weighted by atomic mass is 19.1. The summed E-state index contributed by atoms with van der Waals surface area (Å²) in [6.07, 6.45) is 1.54. The van der Waals surface area contributed by atoms with Gasteiger partial charge in [-0.25, -0.2) is 9.37 Å². The Balaban J connectivity index is 2.24. The van der Waals surface area contributed by atoms with Crippen molar-refractivity contribution in [1.82, 2.24) is 4.98 Å². The van der Waals surface area contributed by atoms with Gasteiger partial charge in [-0.3, -0.25) is 0 Å². The first-order valence-electron chi connectivity index (χ1n) is 4.88. The Morgan fingerprint density at radius 3 is 3.27 bits per heavy atom. The molecular weight excluding hydrogens is 199 g/mol. The molecule has 0 radical (unpaired) electrons. The first-order valence-corrected chi connectivity index (χ1v) is 4.88. The van der Waals surface area contributed by atoms with Crippen molar-refractivity contribution in [3.05, 3.63) is 24.1 Å². The first kappa shape index (κ1) is 10.3. The number of nitrogens with zero attached hydrogens (tertiary/aromatic N) is 2. The molecule has 0 saturated carbocycles. The van der Waals surface area contributed by atoms with Crippen molar-refractivity contribution >= 4 is 5.82 Å². The van der Waals surface area contributed by atoms with E-state index in [1.165, 1.54) is 6.07 Å². The number of hydrogen-bond acceptors (Lipinski definition) is 4. The van der Waals surface area contributed by atoms with Crippen molar-refractivity contribution in [3.63, 3.8) is 0 Å². The van der Waals surface area contributed by atoms with Crippen LogP contribution in [0.1, 0.15) is 0 Å². The fourth-order valence-corrected chi connectivity index (χ4v) is 1.67. The van der Waals surface area contributed by atoms with Gasteiger partial charge in [0, 0.05) is 12.7 Å². The predicted molar refractivity (Wildman–Crippen MR) is 53.2 cm³/mol. The lowest BCUT2D eigenvalue weighted by Crippen LogP contribution is -2.48. The van der Waals surface area contributed by atoms with Crippen molar-refractivity contribution in [2.75, 3.05) is 31.3 Å². The molecule has 0 bridgehead atoms. The molecule has 0 amide bonds. The Hall–Kier alpha value is -1.20. The van der Waals surface area contributed by atoms with Crippen LogP contribution in [0.3, 0.4) is 0 Å². The fourth-order valence-electron chi connectivity index (χ4n) is 1.67. The summed E-state index contributed by atoms with van der Waals surface area (Å²) >= 11 is 0. The standard InChI is InChI=1S/C10H13FN2O2/c11-9-2-1-3-12-10(9)13-4-5-15-7-8(13)6-14/h1-3,8,14H,4-7H2. The van der Waals surface area contributed by atoms with E-state index in [0.29, 0.717) is 25.6 Å². The van der Waals surface area contributed by atoms with Gasteiger partial charge in [0.05, 0.1) is 25.9 Å². The van der Waals surface area contributed by atoms with Gasteiger partial charge in [0.1, 0.15) is 0 Å². The third-order valence-electron chi connectivity index (χ3n) is 2.45. The summed E-state index contributed by atoms with van der Waals surface area (Å²) < 4.78 is 18.7. The Kier molecular flexibility index (Phi) is 3.13. The number of ether oxygens (including phenoxy) is 1. The SMILES string of the molecule is OCC1COCCN1c1ncccc1F. The molecule has 1 aromatic rings. The maximum atomic E-state index is 13.5. The molecule has 1 N–H and O–H groups in total. The van der Waals surface area contributed by atoms with Crippen LogP contribution in [0.4, 0.5) is 10.2 Å². The van der Waals surface area contributed by atoms with Crippen LogP contribution in [0.15, 0.2) is 18.3 Å². The molecule has 1 saturated heterocycles. The van der Waals surface area contributed by atoms with Gasteiger partial charge >= 0.3 is 0 Å². The average Bonchev–Trinajstić information content (AvgIpc) is 2.30. The number of pyridine rings is 1. The van der Waals surface area contributed by atoms with E-state index in [4.69, 9.17) is 9.84 Å². The van der Waals surface area contributed by atoms with E-state index in [2.05, 4.69) is 4.98 Å². The highest BCUT2D eigenvalue weighted by molar-refractivity contribution is 5.41. The minimum absolute atomic E-state index is 0.0595. The Morgan fingerprint density at radius 2 is 2.53 bits per heavy atom. The van der Waals surface area contributed by atoms with Crippen LogP contribution in [0.5, 0.6) is 0 Å². The topological polar surface area (TPSA) is 45.6 Å². The van der Waals surface area contributed by atoms with Crippen molar-refractivity contribution < 1.29 is 14.2 Å². The van der Waals surface area contributed by atoms with E-state index in [-0.39, 0.29) is 18.5 Å². The van der Waals surface area contributed by atoms with Gasteiger partial charge in [-0.15, -0.1) is 0 Å². The van der Waals surface area contributed by atoms with Crippen LogP contribution in [0, 0.1) is 5.82 Å². The molecule has 82 valence electrons. The molecule has 1 unspecified atom stereocenters. The highest BCUT2D eigenvalue weighted by Crippen LogP contribution is 2.19. The number of aliphatic hydroxyl groups is 1. The molecular formula is C10H13FN2O2. The molecule has 1 fully saturated rings. The van der Waals surface area contributed by atoms with Crippen LogP contribution in [-0.2, 0) is 4.74 Å². The minimum Gasteiger partial charge on any atom is -0.394 e. The summed E-state index contributed by atoms with van der Waals surface area (Å²) in [6.45, 7) is 1.44. The van der Waals surface area contributed by atoms with Crippen LogP contribution in [-0.4, -0.2) is 42.5 Å². The molecule has 1 aromatic heterocycles. The summed E-state index contributed by atoms with van der Waals surface area (Å²) in [5.41, 5.74) is 0. The zero-order valence-electron chi connectivity index (χ0n) is 8.27. The number of morpholine rings is 1. The summed E-state index contributed by atoms with van der Waals surface area (Å²) in [6, 6.07) is 2.71. The van der Waals surface area contributed by atoms with E-state index in [0.717, 1.165) is 0 Å².